The molecule has 3 rings (SSSR count). The molecule has 7 heteroatoms. The molecule has 6 nitrogen and oxygen atoms in total. The van der Waals surface area contributed by atoms with Gasteiger partial charge in [0, 0.05) is 43.2 Å². The molecule has 29 heavy (non-hydrogen) atoms. The third kappa shape index (κ3) is 4.92. The Balaban J connectivity index is 1.66. The highest BCUT2D eigenvalue weighted by atomic mass is 32.1. The number of nitrogens with one attached hydrogen (secondary N) is 1. The monoisotopic (exact) mass is 412 g/mol. The van der Waals surface area contributed by atoms with E-state index < -0.39 is 0 Å². The third-order valence-corrected chi connectivity index (χ3v) is 6.20. The van der Waals surface area contributed by atoms with Gasteiger partial charge in [0.1, 0.15) is 5.69 Å². The van der Waals surface area contributed by atoms with Crippen LogP contribution in [0.3, 0.4) is 0 Å². The van der Waals surface area contributed by atoms with Gasteiger partial charge in [-0.3, -0.25) is 14.5 Å². The molecule has 0 radical (unpaired) electrons. The number of rotatable bonds is 8. The Morgan fingerprint density at radius 1 is 1.34 bits per heavy atom. The summed E-state index contributed by atoms with van der Waals surface area (Å²) in [7, 11) is 1.72. The lowest BCUT2D eigenvalue weighted by Crippen LogP contribution is -2.39. The van der Waals surface area contributed by atoms with E-state index in [0.717, 1.165) is 25.0 Å². The summed E-state index contributed by atoms with van der Waals surface area (Å²) in [4.78, 5) is 32.7. The van der Waals surface area contributed by atoms with Crippen LogP contribution in [0.15, 0.2) is 40.5 Å². The van der Waals surface area contributed by atoms with Crippen LogP contribution in [0.2, 0.25) is 0 Å². The molecule has 0 aliphatic carbocycles. The molecule has 0 aliphatic rings. The maximum atomic E-state index is 12.6. The summed E-state index contributed by atoms with van der Waals surface area (Å²) >= 11 is 1.76. The Morgan fingerprint density at radius 2 is 2.14 bits per heavy atom. The first kappa shape index (κ1) is 21.2. The number of thiophene rings is 1. The van der Waals surface area contributed by atoms with Gasteiger partial charge in [0.05, 0.1) is 11.0 Å². The zero-order valence-corrected chi connectivity index (χ0v) is 18.3. The number of benzene rings is 1. The summed E-state index contributed by atoms with van der Waals surface area (Å²) in [5.74, 6) is -0.125. The van der Waals surface area contributed by atoms with Crippen LogP contribution in [0.25, 0.3) is 11.0 Å². The number of hydrogen-bond donors (Lipinski definition) is 1. The molecule has 0 spiro atoms. The Kier molecular flexibility index (Phi) is 6.82. The van der Waals surface area contributed by atoms with E-state index in [1.807, 2.05) is 0 Å². The van der Waals surface area contributed by atoms with Crippen LogP contribution in [0.5, 0.6) is 0 Å². The van der Waals surface area contributed by atoms with Gasteiger partial charge >= 0.3 is 0 Å². The molecule has 3 aromatic rings. The molecule has 0 fully saturated rings. The van der Waals surface area contributed by atoms with E-state index in [1.165, 1.54) is 4.88 Å². The van der Waals surface area contributed by atoms with E-state index in [-0.39, 0.29) is 11.5 Å². The number of carbonyl (C=O) groups is 1. The van der Waals surface area contributed by atoms with Crippen molar-refractivity contribution in [1.82, 2.24) is 19.8 Å². The zero-order chi connectivity index (χ0) is 21.0. The Labute approximate surface area is 175 Å². The van der Waals surface area contributed by atoms with E-state index in [9.17, 15) is 9.59 Å². The number of nitrogens with zero attached hydrogens (tertiary/aromatic N) is 3. The van der Waals surface area contributed by atoms with Gasteiger partial charge in [-0.1, -0.05) is 13.0 Å². The fourth-order valence-corrected chi connectivity index (χ4v) is 4.08. The first-order valence-electron chi connectivity index (χ1n) is 9.92. The predicted octanol–water partition coefficient (Wildman–Crippen LogP) is 3.33. The number of carbonyl (C=O) groups excluding carboxylic acids is 1. The average Bonchev–Trinajstić information content (AvgIpc) is 3.23. The van der Waals surface area contributed by atoms with Gasteiger partial charge in [-0.25, -0.2) is 4.98 Å². The molecule has 0 saturated heterocycles. The van der Waals surface area contributed by atoms with Crippen molar-refractivity contribution in [3.8, 4) is 0 Å². The van der Waals surface area contributed by atoms with Crippen LogP contribution in [0.4, 0.5) is 0 Å². The van der Waals surface area contributed by atoms with Crippen molar-refractivity contribution in [2.45, 2.75) is 39.8 Å². The lowest BCUT2D eigenvalue weighted by molar-refractivity contribution is 0.0943. The molecule has 1 amide bonds. The summed E-state index contributed by atoms with van der Waals surface area (Å²) < 4.78 is 1.56. The third-order valence-electron chi connectivity index (χ3n) is 5.34. The zero-order valence-electron chi connectivity index (χ0n) is 17.4. The smallest absolute Gasteiger partial charge is 0.272 e. The van der Waals surface area contributed by atoms with Gasteiger partial charge in [-0.2, -0.15) is 0 Å². The highest BCUT2D eigenvalue weighted by Gasteiger charge is 2.14. The highest BCUT2D eigenvalue weighted by Crippen LogP contribution is 2.15. The predicted molar refractivity (Wildman–Crippen MR) is 119 cm³/mol. The van der Waals surface area contributed by atoms with E-state index in [4.69, 9.17) is 0 Å². The number of hydrogen-bond acceptors (Lipinski definition) is 5. The van der Waals surface area contributed by atoms with Gasteiger partial charge in [0.25, 0.3) is 11.5 Å². The first-order chi connectivity index (χ1) is 13.9. The van der Waals surface area contributed by atoms with Gasteiger partial charge < -0.3 is 9.88 Å². The van der Waals surface area contributed by atoms with Crippen LogP contribution in [-0.2, 0) is 13.6 Å². The summed E-state index contributed by atoms with van der Waals surface area (Å²) in [5, 5.41) is 5.11. The maximum absolute atomic E-state index is 12.6. The minimum absolute atomic E-state index is 0.120. The molecule has 0 aliphatic heterocycles. The van der Waals surface area contributed by atoms with Crippen molar-refractivity contribution in [3.05, 3.63) is 62.2 Å². The highest BCUT2D eigenvalue weighted by molar-refractivity contribution is 7.09. The van der Waals surface area contributed by atoms with Crippen molar-refractivity contribution in [2.75, 3.05) is 13.1 Å². The maximum Gasteiger partial charge on any atom is 0.272 e. The Hall–Kier alpha value is -2.51. The molecule has 0 unspecified atom stereocenters. The van der Waals surface area contributed by atoms with Gasteiger partial charge in [-0.05, 0) is 49.9 Å². The van der Waals surface area contributed by atoms with Crippen molar-refractivity contribution < 1.29 is 4.79 Å². The molecule has 0 bridgehead atoms. The molecule has 1 atom stereocenters. The van der Waals surface area contributed by atoms with Crippen LogP contribution >= 0.6 is 11.3 Å². The van der Waals surface area contributed by atoms with Crippen molar-refractivity contribution >= 4 is 28.3 Å². The lowest BCUT2D eigenvalue weighted by atomic mass is 10.1. The van der Waals surface area contributed by atoms with Gasteiger partial charge in [0.15, 0.2) is 0 Å². The summed E-state index contributed by atoms with van der Waals surface area (Å²) in [6.07, 6.45) is 1.06. The van der Waals surface area contributed by atoms with Crippen LogP contribution in [0, 0.1) is 6.92 Å². The molecule has 2 aromatic heterocycles. The van der Waals surface area contributed by atoms with E-state index in [0.29, 0.717) is 29.4 Å². The fourth-order valence-electron chi connectivity index (χ4n) is 3.35. The summed E-state index contributed by atoms with van der Waals surface area (Å²) in [6.45, 7) is 8.35. The average molecular weight is 413 g/mol. The van der Waals surface area contributed by atoms with Crippen molar-refractivity contribution in [3.63, 3.8) is 0 Å². The molecule has 154 valence electrons. The number of aryl methyl sites for hydroxylation is 2. The fraction of sp³-hybridized carbons (Fsp3) is 0.409. The topological polar surface area (TPSA) is 67.2 Å². The first-order valence-corrected chi connectivity index (χ1v) is 10.8. The summed E-state index contributed by atoms with van der Waals surface area (Å²) in [5.41, 5.74) is 2.23. The van der Waals surface area contributed by atoms with E-state index >= 15 is 0 Å². The molecule has 2 heterocycles. The molecular formula is C22H28N4O2S. The second-order valence-electron chi connectivity index (χ2n) is 7.33. The van der Waals surface area contributed by atoms with Crippen molar-refractivity contribution in [1.29, 1.82) is 0 Å². The molecular weight excluding hydrogens is 384 g/mol. The quantitative estimate of drug-likeness (QED) is 0.616. The molecule has 0 saturated carbocycles. The summed E-state index contributed by atoms with van der Waals surface area (Å²) in [6, 6.07) is 9.93. The largest absolute Gasteiger partial charge is 0.351 e. The van der Waals surface area contributed by atoms with Crippen LogP contribution in [-0.4, -0.2) is 39.5 Å². The SMILES string of the molecule is CC[C@H](C)N(CCNC(=O)c1ccc2c(c1)nc(C)c(=O)n2C)Cc1cccs1. The lowest BCUT2D eigenvalue weighted by Gasteiger charge is -2.28. The number of fused-ring (bicyclic) bond motifs is 1. The van der Waals surface area contributed by atoms with Gasteiger partial charge in [-0.15, -0.1) is 11.3 Å². The van der Waals surface area contributed by atoms with Crippen molar-refractivity contribution in [2.24, 2.45) is 7.05 Å². The second-order valence-corrected chi connectivity index (χ2v) is 8.36. The second kappa shape index (κ2) is 9.33. The van der Waals surface area contributed by atoms with E-state index in [1.54, 1.807) is 48.1 Å². The minimum Gasteiger partial charge on any atom is -0.351 e. The van der Waals surface area contributed by atoms with Crippen LogP contribution in [0.1, 0.15) is 41.2 Å². The van der Waals surface area contributed by atoms with Crippen LogP contribution < -0.4 is 10.9 Å². The van der Waals surface area contributed by atoms with E-state index in [2.05, 4.69) is 46.6 Å². The minimum atomic E-state index is -0.125. The normalized spacial score (nSPS) is 12.4. The number of amides is 1. The Morgan fingerprint density at radius 3 is 2.83 bits per heavy atom. The number of aromatic nitrogens is 2. The molecule has 1 aromatic carbocycles. The Bertz CT molecular complexity index is 1040. The standard InChI is InChI=1S/C22H28N4O2S/c1-5-15(2)26(14-18-7-6-12-29-18)11-10-23-21(27)17-8-9-20-19(13-17)24-16(3)22(28)25(20)4/h6-9,12-13,15H,5,10-11,14H2,1-4H3,(H,23,27)/t15-/m0/s1. The van der Waals surface area contributed by atoms with Gasteiger partial charge in [0.2, 0.25) is 0 Å². The molecule has 1 N–H and O–H groups in total.